The monoisotopic (exact) mass is 444 g/mol. The zero-order chi connectivity index (χ0) is 20.5. The van der Waals surface area contributed by atoms with Crippen LogP contribution in [0.2, 0.25) is 10.0 Å². The minimum atomic E-state index is -3.82. The number of anilines is 2. The first kappa shape index (κ1) is 20.6. The zero-order valence-electron chi connectivity index (χ0n) is 15.1. The van der Waals surface area contributed by atoms with Crippen LogP contribution < -0.4 is 19.1 Å². The Kier molecular flexibility index (Phi) is 5.92. The van der Waals surface area contributed by atoms with Crippen molar-refractivity contribution in [2.24, 2.45) is 0 Å². The molecular formula is C18H18Cl2N2O5S. The lowest BCUT2D eigenvalue weighted by atomic mass is 10.2. The van der Waals surface area contributed by atoms with Crippen LogP contribution in [0.5, 0.6) is 11.5 Å². The van der Waals surface area contributed by atoms with Gasteiger partial charge in [0.1, 0.15) is 19.3 Å². The van der Waals surface area contributed by atoms with E-state index in [0.717, 1.165) is 10.6 Å². The minimum Gasteiger partial charge on any atom is -0.486 e. The quantitative estimate of drug-likeness (QED) is 0.761. The van der Waals surface area contributed by atoms with Crippen molar-refractivity contribution in [3.05, 3.63) is 46.4 Å². The Hall–Kier alpha value is -2.16. The first-order valence-corrected chi connectivity index (χ1v) is 10.9. The van der Waals surface area contributed by atoms with Crippen molar-refractivity contribution in [1.82, 2.24) is 0 Å². The molecule has 1 aliphatic rings. The van der Waals surface area contributed by atoms with E-state index in [0.29, 0.717) is 35.4 Å². The molecule has 0 fully saturated rings. The molecule has 0 bridgehead atoms. The topological polar surface area (TPSA) is 84.9 Å². The fraction of sp³-hybridized carbons (Fsp3) is 0.278. The second-order valence-corrected chi connectivity index (χ2v) is 8.88. The molecule has 7 nitrogen and oxygen atoms in total. The van der Waals surface area contributed by atoms with Gasteiger partial charge in [-0.1, -0.05) is 23.2 Å². The number of carbonyl (C=O) groups excluding carboxylic acids is 1. The van der Waals surface area contributed by atoms with E-state index in [9.17, 15) is 13.2 Å². The number of rotatable bonds is 5. The minimum absolute atomic E-state index is 0.126. The number of halogens is 2. The second-order valence-electron chi connectivity index (χ2n) is 6.18. The van der Waals surface area contributed by atoms with Gasteiger partial charge in [-0.2, -0.15) is 0 Å². The molecule has 1 atom stereocenters. The van der Waals surface area contributed by atoms with Crippen LogP contribution >= 0.6 is 23.2 Å². The van der Waals surface area contributed by atoms with E-state index in [1.54, 1.807) is 18.2 Å². The van der Waals surface area contributed by atoms with Crippen molar-refractivity contribution in [2.45, 2.75) is 13.0 Å². The summed E-state index contributed by atoms with van der Waals surface area (Å²) in [6.45, 7) is 2.33. The largest absolute Gasteiger partial charge is 0.486 e. The Morgan fingerprint density at radius 1 is 1.11 bits per heavy atom. The Bertz CT molecular complexity index is 1010. The molecule has 0 radical (unpaired) electrons. The lowest BCUT2D eigenvalue weighted by Crippen LogP contribution is -2.45. The number of sulfonamides is 1. The highest BCUT2D eigenvalue weighted by molar-refractivity contribution is 7.92. The third-order valence-electron chi connectivity index (χ3n) is 4.04. The highest BCUT2D eigenvalue weighted by atomic mass is 35.5. The third kappa shape index (κ3) is 4.45. The van der Waals surface area contributed by atoms with Gasteiger partial charge in [0, 0.05) is 16.8 Å². The number of nitrogens with one attached hydrogen (secondary N) is 1. The molecule has 1 amide bonds. The number of nitrogens with zero attached hydrogens (tertiary/aromatic N) is 1. The van der Waals surface area contributed by atoms with Crippen LogP contribution in [0.25, 0.3) is 0 Å². The zero-order valence-corrected chi connectivity index (χ0v) is 17.4. The predicted molar refractivity (Wildman–Crippen MR) is 109 cm³/mol. The lowest BCUT2D eigenvalue weighted by Gasteiger charge is -2.29. The van der Waals surface area contributed by atoms with E-state index < -0.39 is 22.0 Å². The molecular weight excluding hydrogens is 427 g/mol. The van der Waals surface area contributed by atoms with Gasteiger partial charge in [0.25, 0.3) is 0 Å². The van der Waals surface area contributed by atoms with Crippen molar-refractivity contribution in [1.29, 1.82) is 0 Å². The van der Waals surface area contributed by atoms with Crippen molar-refractivity contribution < 1.29 is 22.7 Å². The van der Waals surface area contributed by atoms with Crippen LogP contribution in [0.1, 0.15) is 6.92 Å². The summed E-state index contributed by atoms with van der Waals surface area (Å²) in [5, 5.41) is 3.15. The Labute approximate surface area is 173 Å². The highest BCUT2D eigenvalue weighted by Crippen LogP contribution is 2.34. The Morgan fingerprint density at radius 3 is 2.46 bits per heavy atom. The van der Waals surface area contributed by atoms with E-state index in [1.807, 2.05) is 0 Å². The molecule has 0 spiro atoms. The van der Waals surface area contributed by atoms with Gasteiger partial charge < -0.3 is 14.8 Å². The number of benzene rings is 2. The summed E-state index contributed by atoms with van der Waals surface area (Å²) in [6.07, 6.45) is 0.998. The number of fused-ring (bicyclic) bond motifs is 1. The number of ether oxygens (including phenoxy) is 2. The number of hydrogen-bond donors (Lipinski definition) is 1. The van der Waals surface area contributed by atoms with Crippen LogP contribution in [0.15, 0.2) is 36.4 Å². The van der Waals surface area contributed by atoms with E-state index in [2.05, 4.69) is 5.32 Å². The van der Waals surface area contributed by atoms with Crippen LogP contribution in [0.3, 0.4) is 0 Å². The van der Waals surface area contributed by atoms with E-state index in [4.69, 9.17) is 32.7 Å². The van der Waals surface area contributed by atoms with Crippen molar-refractivity contribution >= 4 is 50.5 Å². The van der Waals surface area contributed by atoms with Gasteiger partial charge in [-0.3, -0.25) is 9.10 Å². The van der Waals surface area contributed by atoms with E-state index in [-0.39, 0.29) is 10.7 Å². The highest BCUT2D eigenvalue weighted by Gasteiger charge is 2.31. The molecule has 150 valence electrons. The standard InChI is InChI=1S/C18H18Cl2N2O5S/c1-11(22(28(2,24)25)15-9-12(19)3-5-14(15)20)18(23)21-13-4-6-16-17(10-13)27-8-7-26-16/h3-6,9-11H,7-8H2,1-2H3,(H,21,23)/t11-/m1/s1. The number of amides is 1. The Morgan fingerprint density at radius 2 is 1.79 bits per heavy atom. The van der Waals surface area contributed by atoms with Crippen LogP contribution in [-0.4, -0.2) is 39.8 Å². The summed E-state index contributed by atoms with van der Waals surface area (Å²) in [7, 11) is -3.82. The normalized spacial score (nSPS) is 14.3. The summed E-state index contributed by atoms with van der Waals surface area (Å²) in [4.78, 5) is 12.8. The fourth-order valence-corrected chi connectivity index (χ4v) is 4.41. The number of hydrogen-bond acceptors (Lipinski definition) is 5. The summed E-state index contributed by atoms with van der Waals surface area (Å²) in [5.74, 6) is 0.550. The average molecular weight is 445 g/mol. The first-order chi connectivity index (χ1) is 13.2. The van der Waals surface area contributed by atoms with Crippen LogP contribution in [0, 0.1) is 0 Å². The summed E-state index contributed by atoms with van der Waals surface area (Å²) in [6, 6.07) is 8.27. The molecule has 0 saturated carbocycles. The van der Waals surface area contributed by atoms with Gasteiger partial charge in [0.2, 0.25) is 15.9 Å². The summed E-state index contributed by atoms with van der Waals surface area (Å²) >= 11 is 12.1. The van der Waals surface area contributed by atoms with Gasteiger partial charge >= 0.3 is 0 Å². The molecule has 0 aromatic heterocycles. The molecule has 28 heavy (non-hydrogen) atoms. The fourth-order valence-electron chi connectivity index (χ4n) is 2.80. The van der Waals surface area contributed by atoms with E-state index in [1.165, 1.54) is 25.1 Å². The van der Waals surface area contributed by atoms with Gasteiger partial charge in [0.05, 0.1) is 17.0 Å². The van der Waals surface area contributed by atoms with Crippen LogP contribution in [0.4, 0.5) is 11.4 Å². The molecule has 3 rings (SSSR count). The van der Waals surface area contributed by atoms with E-state index >= 15 is 0 Å². The number of carbonyl (C=O) groups is 1. The molecule has 0 unspecified atom stereocenters. The van der Waals surface area contributed by atoms with Crippen molar-refractivity contribution in [3.8, 4) is 11.5 Å². The average Bonchev–Trinajstić information content (AvgIpc) is 2.63. The first-order valence-electron chi connectivity index (χ1n) is 8.32. The molecule has 0 aliphatic carbocycles. The van der Waals surface area contributed by atoms with Gasteiger partial charge in [0.15, 0.2) is 11.5 Å². The Balaban J connectivity index is 1.88. The molecule has 0 saturated heterocycles. The molecule has 1 N–H and O–H groups in total. The maximum atomic E-state index is 12.8. The SMILES string of the molecule is C[C@H](C(=O)Nc1ccc2c(c1)OCCO2)N(c1cc(Cl)ccc1Cl)S(C)(=O)=O. The van der Waals surface area contributed by atoms with Gasteiger partial charge in [-0.05, 0) is 37.3 Å². The molecule has 1 aliphatic heterocycles. The maximum Gasteiger partial charge on any atom is 0.247 e. The second kappa shape index (κ2) is 8.06. The summed E-state index contributed by atoms with van der Waals surface area (Å²) in [5.41, 5.74) is 0.577. The molecule has 1 heterocycles. The lowest BCUT2D eigenvalue weighted by molar-refractivity contribution is -0.116. The molecule has 10 heteroatoms. The maximum absolute atomic E-state index is 12.8. The predicted octanol–water partition coefficient (Wildman–Crippen LogP) is 3.56. The van der Waals surface area contributed by atoms with Crippen LogP contribution in [-0.2, 0) is 14.8 Å². The smallest absolute Gasteiger partial charge is 0.247 e. The summed E-state index contributed by atoms with van der Waals surface area (Å²) < 4.78 is 36.7. The van der Waals surface area contributed by atoms with Gasteiger partial charge in [-0.25, -0.2) is 8.42 Å². The third-order valence-corrected chi connectivity index (χ3v) is 5.83. The molecule has 2 aromatic rings. The van der Waals surface area contributed by atoms with Crippen molar-refractivity contribution in [2.75, 3.05) is 29.1 Å². The van der Waals surface area contributed by atoms with Crippen molar-refractivity contribution in [3.63, 3.8) is 0 Å². The van der Waals surface area contributed by atoms with Gasteiger partial charge in [-0.15, -0.1) is 0 Å². The molecule has 2 aromatic carbocycles.